The van der Waals surface area contributed by atoms with Crippen LogP contribution in [0.4, 0.5) is 0 Å². The van der Waals surface area contributed by atoms with Gasteiger partial charge in [0.1, 0.15) is 0 Å². The average Bonchev–Trinajstić information content (AvgIpc) is 2.54. The summed E-state index contributed by atoms with van der Waals surface area (Å²) < 4.78 is 10.4. The average molecular weight is 321 g/mol. The Morgan fingerprint density at radius 3 is 2.61 bits per heavy atom. The summed E-state index contributed by atoms with van der Waals surface area (Å²) in [7, 11) is 3.48. The van der Waals surface area contributed by atoms with Gasteiger partial charge in [0.25, 0.3) is 0 Å². The van der Waals surface area contributed by atoms with Gasteiger partial charge in [-0.1, -0.05) is 23.8 Å². The molecule has 0 spiro atoms. The summed E-state index contributed by atoms with van der Waals surface area (Å²) in [4.78, 5) is 4.26. The topological polar surface area (TPSA) is 54.9 Å². The lowest BCUT2D eigenvalue weighted by atomic mass is 10.1. The molecule has 0 aromatic heterocycles. The van der Waals surface area contributed by atoms with Gasteiger partial charge in [0.15, 0.2) is 5.96 Å². The van der Waals surface area contributed by atoms with Crippen molar-refractivity contribution in [2.24, 2.45) is 4.99 Å². The molecule has 0 atom stereocenters. The van der Waals surface area contributed by atoms with E-state index >= 15 is 0 Å². The minimum absolute atomic E-state index is 0.660. The van der Waals surface area contributed by atoms with Gasteiger partial charge >= 0.3 is 0 Å². The summed E-state index contributed by atoms with van der Waals surface area (Å²) in [5.74, 6) is 0.838. The summed E-state index contributed by atoms with van der Waals surface area (Å²) in [5, 5.41) is 6.69. The molecule has 0 heterocycles. The second-order valence-electron chi connectivity index (χ2n) is 5.59. The molecule has 0 amide bonds. The highest BCUT2D eigenvalue weighted by Crippen LogP contribution is 2.09. The van der Waals surface area contributed by atoms with E-state index in [1.165, 1.54) is 16.7 Å². The van der Waals surface area contributed by atoms with Gasteiger partial charge in [0, 0.05) is 33.9 Å². The third kappa shape index (κ3) is 8.57. The van der Waals surface area contributed by atoms with Gasteiger partial charge in [-0.05, 0) is 37.8 Å². The van der Waals surface area contributed by atoms with Crippen molar-refractivity contribution in [1.82, 2.24) is 10.6 Å². The van der Waals surface area contributed by atoms with Gasteiger partial charge in [-0.15, -0.1) is 0 Å². The molecular weight excluding hydrogens is 290 g/mol. The number of benzene rings is 1. The Kier molecular flexibility index (Phi) is 10.1. The molecule has 0 saturated heterocycles. The number of hydrogen-bond donors (Lipinski definition) is 2. The third-order valence-corrected chi connectivity index (χ3v) is 3.61. The zero-order valence-corrected chi connectivity index (χ0v) is 14.9. The molecule has 23 heavy (non-hydrogen) atoms. The van der Waals surface area contributed by atoms with Gasteiger partial charge in [0.05, 0.1) is 13.2 Å². The van der Waals surface area contributed by atoms with E-state index in [1.807, 2.05) is 0 Å². The van der Waals surface area contributed by atoms with Crippen LogP contribution in [-0.4, -0.2) is 46.5 Å². The van der Waals surface area contributed by atoms with E-state index in [2.05, 4.69) is 47.7 Å². The Hall–Kier alpha value is -1.59. The molecular formula is C18H31N3O2. The molecule has 0 aliphatic carbocycles. The molecule has 0 aliphatic heterocycles. The first-order valence-corrected chi connectivity index (χ1v) is 8.24. The van der Waals surface area contributed by atoms with Crippen LogP contribution in [0.5, 0.6) is 0 Å². The summed E-state index contributed by atoms with van der Waals surface area (Å²) >= 11 is 0. The summed E-state index contributed by atoms with van der Waals surface area (Å²) in [5.41, 5.74) is 3.90. The van der Waals surface area contributed by atoms with Crippen LogP contribution in [0.3, 0.4) is 0 Å². The Bertz CT molecular complexity index is 475. The Morgan fingerprint density at radius 2 is 1.91 bits per heavy atom. The second kappa shape index (κ2) is 11.9. The number of ether oxygens (including phenoxy) is 2. The largest absolute Gasteiger partial charge is 0.382 e. The smallest absolute Gasteiger partial charge is 0.191 e. The van der Waals surface area contributed by atoms with Gasteiger partial charge < -0.3 is 20.1 Å². The summed E-state index contributed by atoms with van der Waals surface area (Å²) in [6, 6.07) is 6.52. The number of hydrogen-bond acceptors (Lipinski definition) is 3. The Labute approximate surface area is 140 Å². The fraction of sp³-hybridized carbons (Fsp3) is 0.611. The molecule has 0 radical (unpaired) electrons. The van der Waals surface area contributed by atoms with Crippen LogP contribution >= 0.6 is 0 Å². The standard InChI is InChI=1S/C18H31N3O2/c1-15-7-8-17(16(2)13-15)14-21-18(19-3)20-9-5-6-10-23-12-11-22-4/h7-8,13H,5-6,9-12,14H2,1-4H3,(H2,19,20,21). The van der Waals surface area contributed by atoms with E-state index in [1.54, 1.807) is 14.2 Å². The molecule has 0 fully saturated rings. The molecule has 5 nitrogen and oxygen atoms in total. The van der Waals surface area contributed by atoms with Gasteiger partial charge in [-0.2, -0.15) is 0 Å². The van der Waals surface area contributed by atoms with Crippen LogP contribution in [0, 0.1) is 13.8 Å². The van der Waals surface area contributed by atoms with E-state index in [0.717, 1.165) is 38.5 Å². The molecule has 1 aromatic rings. The monoisotopic (exact) mass is 321 g/mol. The number of nitrogens with zero attached hydrogens (tertiary/aromatic N) is 1. The number of aryl methyl sites for hydroxylation is 2. The van der Waals surface area contributed by atoms with Gasteiger partial charge in [-0.3, -0.25) is 4.99 Å². The van der Waals surface area contributed by atoms with Crippen LogP contribution in [0.2, 0.25) is 0 Å². The molecule has 0 bridgehead atoms. The first-order valence-electron chi connectivity index (χ1n) is 8.24. The first-order chi connectivity index (χ1) is 11.2. The van der Waals surface area contributed by atoms with Gasteiger partial charge in [-0.25, -0.2) is 0 Å². The molecule has 2 N–H and O–H groups in total. The van der Waals surface area contributed by atoms with E-state index in [0.29, 0.717) is 13.2 Å². The lowest BCUT2D eigenvalue weighted by Gasteiger charge is -2.13. The predicted molar refractivity (Wildman–Crippen MR) is 96.0 cm³/mol. The number of aliphatic imine (C=N–C) groups is 1. The zero-order chi connectivity index (χ0) is 16.9. The predicted octanol–water partition coefficient (Wildman–Crippen LogP) is 2.41. The van der Waals surface area contributed by atoms with Gasteiger partial charge in [0.2, 0.25) is 0 Å². The molecule has 0 unspecified atom stereocenters. The van der Waals surface area contributed by atoms with Crippen molar-refractivity contribution in [3.8, 4) is 0 Å². The van der Waals surface area contributed by atoms with Crippen molar-refractivity contribution in [3.05, 3.63) is 34.9 Å². The number of nitrogens with one attached hydrogen (secondary N) is 2. The van der Waals surface area contributed by atoms with Crippen LogP contribution < -0.4 is 10.6 Å². The SMILES string of the molecule is CN=C(NCCCCOCCOC)NCc1ccc(C)cc1C. The zero-order valence-electron chi connectivity index (χ0n) is 14.9. The lowest BCUT2D eigenvalue weighted by Crippen LogP contribution is -2.37. The van der Waals surface area contributed by atoms with Crippen molar-refractivity contribution in [3.63, 3.8) is 0 Å². The second-order valence-corrected chi connectivity index (χ2v) is 5.59. The fourth-order valence-corrected chi connectivity index (χ4v) is 2.22. The maximum atomic E-state index is 5.44. The molecule has 0 saturated carbocycles. The maximum absolute atomic E-state index is 5.44. The number of rotatable bonds is 10. The van der Waals surface area contributed by atoms with E-state index < -0.39 is 0 Å². The molecule has 0 aliphatic rings. The summed E-state index contributed by atoms with van der Waals surface area (Å²) in [6.45, 7) is 8.04. The minimum Gasteiger partial charge on any atom is -0.382 e. The van der Waals surface area contributed by atoms with Crippen molar-refractivity contribution in [2.75, 3.05) is 40.5 Å². The van der Waals surface area contributed by atoms with E-state index in [9.17, 15) is 0 Å². The molecule has 130 valence electrons. The molecule has 5 heteroatoms. The number of methoxy groups -OCH3 is 1. The van der Waals surface area contributed by atoms with Crippen molar-refractivity contribution >= 4 is 5.96 Å². The first kappa shape index (κ1) is 19.5. The third-order valence-electron chi connectivity index (χ3n) is 3.61. The van der Waals surface area contributed by atoms with E-state index in [-0.39, 0.29) is 0 Å². The molecule has 1 aromatic carbocycles. The highest BCUT2D eigenvalue weighted by molar-refractivity contribution is 5.79. The number of guanidine groups is 1. The minimum atomic E-state index is 0.660. The fourth-order valence-electron chi connectivity index (χ4n) is 2.22. The van der Waals surface area contributed by atoms with Crippen LogP contribution in [0.25, 0.3) is 0 Å². The highest BCUT2D eigenvalue weighted by atomic mass is 16.5. The highest BCUT2D eigenvalue weighted by Gasteiger charge is 2.01. The lowest BCUT2D eigenvalue weighted by molar-refractivity contribution is 0.0689. The summed E-state index contributed by atoms with van der Waals surface area (Å²) in [6.07, 6.45) is 2.09. The normalized spacial score (nSPS) is 11.6. The Balaban J connectivity index is 2.17. The van der Waals surface area contributed by atoms with Crippen LogP contribution in [0.1, 0.15) is 29.5 Å². The maximum Gasteiger partial charge on any atom is 0.191 e. The van der Waals surface area contributed by atoms with Crippen LogP contribution in [-0.2, 0) is 16.0 Å². The van der Waals surface area contributed by atoms with Crippen molar-refractivity contribution < 1.29 is 9.47 Å². The van der Waals surface area contributed by atoms with E-state index in [4.69, 9.17) is 9.47 Å². The molecule has 1 rings (SSSR count). The quantitative estimate of drug-likeness (QED) is 0.395. The van der Waals surface area contributed by atoms with Crippen LogP contribution in [0.15, 0.2) is 23.2 Å². The van der Waals surface area contributed by atoms with Crippen molar-refractivity contribution in [2.45, 2.75) is 33.2 Å². The number of unbranched alkanes of at least 4 members (excludes halogenated alkanes) is 1. The Morgan fingerprint density at radius 1 is 1.09 bits per heavy atom. The van der Waals surface area contributed by atoms with Crippen molar-refractivity contribution in [1.29, 1.82) is 0 Å².